The summed E-state index contributed by atoms with van der Waals surface area (Å²) in [5.74, 6) is -0.457. The highest BCUT2D eigenvalue weighted by Gasteiger charge is 2.24. The van der Waals surface area contributed by atoms with Crippen molar-refractivity contribution in [2.24, 2.45) is 0 Å². The molecule has 0 aromatic rings. The smallest absolute Gasteiger partial charge is 0.306 e. The van der Waals surface area contributed by atoms with Gasteiger partial charge in [-0.05, 0) is 51.4 Å². The minimum Gasteiger partial charge on any atom is -0.462 e. The minimum atomic E-state index is -0.785. The largest absolute Gasteiger partial charge is 0.462 e. The van der Waals surface area contributed by atoms with E-state index in [1.807, 2.05) is 0 Å². The Bertz CT molecular complexity index is 1030. The van der Waals surface area contributed by atoms with E-state index in [9.17, 15) is 19.8 Å². The van der Waals surface area contributed by atoms with E-state index in [0.29, 0.717) is 19.3 Å². The summed E-state index contributed by atoms with van der Waals surface area (Å²) in [6.07, 6.45) is 65.7. The van der Waals surface area contributed by atoms with Crippen LogP contribution in [0.3, 0.4) is 0 Å². The second kappa shape index (κ2) is 56.5. The molecule has 0 spiro atoms. The number of aliphatic hydroxyl groups excluding tert-OH is 2. The number of carbonyl (C=O) groups is 2. The fourth-order valence-electron chi connectivity index (χ4n) is 9.90. The predicted octanol–water partition coefficient (Wildman–Crippen LogP) is 19.2. The summed E-state index contributed by atoms with van der Waals surface area (Å²) in [4.78, 5) is 26.3. The first kappa shape index (κ1) is 66.6. The second-order valence-electron chi connectivity index (χ2n) is 21.5. The van der Waals surface area contributed by atoms with Gasteiger partial charge in [0.25, 0.3) is 0 Å². The number of aliphatic hydroxyl groups is 2. The summed E-state index contributed by atoms with van der Waals surface area (Å²) in [7, 11) is 0. The van der Waals surface area contributed by atoms with E-state index in [2.05, 4.69) is 38.2 Å². The number of nitrogens with one attached hydrogen (secondary N) is 1. The number of amides is 1. The van der Waals surface area contributed by atoms with Gasteiger partial charge in [-0.1, -0.05) is 296 Å². The number of rotatable bonds is 57. The molecular weight excluding hydrogens is 839 g/mol. The zero-order valence-electron chi connectivity index (χ0n) is 46.3. The van der Waals surface area contributed by atoms with Gasteiger partial charge in [0, 0.05) is 6.42 Å². The Balaban J connectivity index is 4.47. The molecule has 0 bridgehead atoms. The van der Waals surface area contributed by atoms with Crippen LogP contribution in [0.4, 0.5) is 0 Å². The van der Waals surface area contributed by atoms with Crippen LogP contribution in [-0.4, -0.2) is 46.9 Å². The zero-order valence-corrected chi connectivity index (χ0v) is 46.3. The standard InChI is InChI=1S/C62H121NO5/c1-4-7-10-13-16-19-22-25-28-30-32-34-37-40-43-46-49-52-55-62(67)68-58(53-50-47-44-41-38-35-27-24-21-18-15-12-9-6-3)56-61(66)63-59(57-64)60(65)54-51-48-45-42-39-36-33-31-29-26-23-20-17-14-11-8-5-2/h32,34,58-60,64-65H,4-31,33,35-57H2,1-3H3,(H,63,66)/b34-32+. The third-order valence-electron chi connectivity index (χ3n) is 14.6. The summed E-state index contributed by atoms with van der Waals surface area (Å²) >= 11 is 0. The number of ether oxygens (including phenoxy) is 1. The quantitative estimate of drug-likeness (QED) is 0.0321. The molecule has 0 heterocycles. The number of unbranched alkanes of at least 4 members (excludes halogenated alkanes) is 43. The lowest BCUT2D eigenvalue weighted by atomic mass is 10.0. The topological polar surface area (TPSA) is 95.9 Å². The lowest BCUT2D eigenvalue weighted by Gasteiger charge is -2.24. The third-order valence-corrected chi connectivity index (χ3v) is 14.6. The van der Waals surface area contributed by atoms with Crippen LogP contribution in [0.2, 0.25) is 0 Å². The molecule has 404 valence electrons. The molecule has 6 nitrogen and oxygen atoms in total. The minimum absolute atomic E-state index is 0.0825. The number of esters is 1. The van der Waals surface area contributed by atoms with Crippen LogP contribution in [0.25, 0.3) is 0 Å². The fourth-order valence-corrected chi connectivity index (χ4v) is 9.90. The van der Waals surface area contributed by atoms with Crippen molar-refractivity contribution >= 4 is 11.9 Å². The molecule has 1 amide bonds. The van der Waals surface area contributed by atoms with Gasteiger partial charge in [0.2, 0.25) is 5.91 Å². The zero-order chi connectivity index (χ0) is 49.5. The van der Waals surface area contributed by atoms with Crippen LogP contribution >= 0.6 is 0 Å². The SMILES string of the molecule is CCCCCCCCCCC/C=C/CCCCCCCC(=O)OC(CCCCCCCCCCCCCCCC)CC(=O)NC(CO)C(O)CCCCCCCCCCCCCCCCCCC. The van der Waals surface area contributed by atoms with Crippen LogP contribution in [-0.2, 0) is 14.3 Å². The molecule has 0 fully saturated rings. The molecule has 0 saturated carbocycles. The summed E-state index contributed by atoms with van der Waals surface area (Å²) in [6.45, 7) is 6.54. The number of carbonyl (C=O) groups excluding carboxylic acids is 2. The molecule has 3 atom stereocenters. The maximum absolute atomic E-state index is 13.3. The molecule has 0 aromatic carbocycles. The monoisotopic (exact) mass is 960 g/mol. The van der Waals surface area contributed by atoms with Crippen LogP contribution in [0.15, 0.2) is 12.2 Å². The maximum Gasteiger partial charge on any atom is 0.306 e. The van der Waals surface area contributed by atoms with Crippen LogP contribution < -0.4 is 5.32 Å². The van der Waals surface area contributed by atoms with Crippen molar-refractivity contribution in [3.8, 4) is 0 Å². The van der Waals surface area contributed by atoms with Crippen molar-refractivity contribution in [2.45, 2.75) is 366 Å². The molecule has 0 aliphatic carbocycles. The molecule has 0 rings (SSSR count). The third kappa shape index (κ3) is 51.0. The van der Waals surface area contributed by atoms with Crippen molar-refractivity contribution in [1.82, 2.24) is 5.32 Å². The highest BCUT2D eigenvalue weighted by atomic mass is 16.5. The van der Waals surface area contributed by atoms with Gasteiger partial charge in [0.05, 0.1) is 25.2 Å². The van der Waals surface area contributed by atoms with Gasteiger partial charge in [-0.25, -0.2) is 0 Å². The average molecular weight is 961 g/mol. The number of allylic oxidation sites excluding steroid dienone is 2. The Morgan fingerprint density at radius 1 is 0.412 bits per heavy atom. The lowest BCUT2D eigenvalue weighted by Crippen LogP contribution is -2.46. The number of hydrogen-bond acceptors (Lipinski definition) is 5. The molecule has 0 aliphatic rings. The maximum atomic E-state index is 13.3. The fraction of sp³-hybridized carbons (Fsp3) is 0.935. The van der Waals surface area contributed by atoms with Gasteiger partial charge < -0.3 is 20.3 Å². The second-order valence-corrected chi connectivity index (χ2v) is 21.5. The molecule has 0 aliphatic heterocycles. The van der Waals surface area contributed by atoms with Crippen molar-refractivity contribution in [2.75, 3.05) is 6.61 Å². The Kier molecular flexibility index (Phi) is 55.3. The molecule has 3 N–H and O–H groups in total. The van der Waals surface area contributed by atoms with E-state index >= 15 is 0 Å². The van der Waals surface area contributed by atoms with Gasteiger partial charge in [-0.3, -0.25) is 9.59 Å². The Hall–Kier alpha value is -1.40. The van der Waals surface area contributed by atoms with Gasteiger partial charge >= 0.3 is 5.97 Å². The molecule has 0 saturated heterocycles. The molecule has 3 unspecified atom stereocenters. The van der Waals surface area contributed by atoms with Crippen molar-refractivity contribution in [3.05, 3.63) is 12.2 Å². The summed E-state index contributed by atoms with van der Waals surface area (Å²) < 4.78 is 5.98. The van der Waals surface area contributed by atoms with Crippen molar-refractivity contribution in [1.29, 1.82) is 0 Å². The van der Waals surface area contributed by atoms with E-state index < -0.39 is 18.2 Å². The summed E-state index contributed by atoms with van der Waals surface area (Å²) in [5.41, 5.74) is 0. The number of hydrogen-bond donors (Lipinski definition) is 3. The predicted molar refractivity (Wildman–Crippen MR) is 297 cm³/mol. The van der Waals surface area contributed by atoms with Crippen LogP contribution in [0.5, 0.6) is 0 Å². The molecule has 68 heavy (non-hydrogen) atoms. The van der Waals surface area contributed by atoms with E-state index in [1.54, 1.807) is 0 Å². The first-order valence-corrected chi connectivity index (χ1v) is 30.9. The van der Waals surface area contributed by atoms with Crippen molar-refractivity contribution in [3.63, 3.8) is 0 Å². The van der Waals surface area contributed by atoms with Gasteiger partial charge in [-0.15, -0.1) is 0 Å². The van der Waals surface area contributed by atoms with E-state index in [-0.39, 0.29) is 24.9 Å². The van der Waals surface area contributed by atoms with E-state index in [4.69, 9.17) is 4.74 Å². The molecule has 0 aromatic heterocycles. The average Bonchev–Trinajstić information content (AvgIpc) is 3.33. The molecule has 0 radical (unpaired) electrons. The van der Waals surface area contributed by atoms with Crippen LogP contribution in [0, 0.1) is 0 Å². The lowest BCUT2D eigenvalue weighted by molar-refractivity contribution is -0.151. The summed E-state index contributed by atoms with van der Waals surface area (Å²) in [6, 6.07) is -0.698. The first-order valence-electron chi connectivity index (χ1n) is 30.9. The Morgan fingerprint density at radius 3 is 1.04 bits per heavy atom. The summed E-state index contributed by atoms with van der Waals surface area (Å²) in [5, 5.41) is 24.0. The van der Waals surface area contributed by atoms with E-state index in [1.165, 1.54) is 250 Å². The van der Waals surface area contributed by atoms with Gasteiger partial charge in [-0.2, -0.15) is 0 Å². The van der Waals surface area contributed by atoms with Crippen LogP contribution in [0.1, 0.15) is 348 Å². The van der Waals surface area contributed by atoms with Crippen molar-refractivity contribution < 1.29 is 24.5 Å². The normalized spacial score (nSPS) is 13.1. The first-order chi connectivity index (χ1) is 33.5. The Morgan fingerprint density at radius 2 is 0.706 bits per heavy atom. The highest BCUT2D eigenvalue weighted by Crippen LogP contribution is 2.19. The van der Waals surface area contributed by atoms with Gasteiger partial charge in [0.1, 0.15) is 6.10 Å². The van der Waals surface area contributed by atoms with Gasteiger partial charge in [0.15, 0.2) is 0 Å². The molecule has 6 heteroatoms. The van der Waals surface area contributed by atoms with E-state index in [0.717, 1.165) is 51.4 Å². The highest BCUT2D eigenvalue weighted by molar-refractivity contribution is 5.77. The Labute approximate surface area is 425 Å². The molecular formula is C62H121NO5.